The molecule has 0 spiro atoms. The van der Waals surface area contributed by atoms with Crippen molar-refractivity contribution in [3.63, 3.8) is 0 Å². The van der Waals surface area contributed by atoms with Crippen LogP contribution < -0.4 is 0 Å². The van der Waals surface area contributed by atoms with E-state index in [1.54, 1.807) is 0 Å². The van der Waals surface area contributed by atoms with Crippen LogP contribution in [0.2, 0.25) is 0 Å². The maximum absolute atomic E-state index is 12.0. The highest BCUT2D eigenvalue weighted by Crippen LogP contribution is 2.27. The fourth-order valence-corrected chi connectivity index (χ4v) is 1.57. The molecule has 17 heavy (non-hydrogen) atoms. The van der Waals surface area contributed by atoms with Gasteiger partial charge in [0.25, 0.3) is 9.84 Å². The molecule has 0 saturated carbocycles. The summed E-state index contributed by atoms with van der Waals surface area (Å²) in [5.41, 5.74) is -5.66. The summed E-state index contributed by atoms with van der Waals surface area (Å²) in [6, 6.07) is -0.341. The maximum atomic E-state index is 12.0. The van der Waals surface area contributed by atoms with Gasteiger partial charge in [0.15, 0.2) is 6.04 Å². The molecular weight excluding hydrogens is 263 g/mol. The molecule has 94 valence electrons. The first-order valence-corrected chi connectivity index (χ1v) is 5.59. The first kappa shape index (κ1) is 13.3. The van der Waals surface area contributed by atoms with Crippen molar-refractivity contribution < 1.29 is 26.5 Å². The molecule has 0 aromatic carbocycles. The molecule has 0 atom stereocenters. The van der Waals surface area contributed by atoms with E-state index < -0.39 is 20.3 Å². The molecule has 0 unspecified atom stereocenters. The second-order valence-electron chi connectivity index (χ2n) is 2.96. The van der Waals surface area contributed by atoms with E-state index in [1.807, 2.05) is 0 Å². The molecule has 1 aliphatic carbocycles. The Morgan fingerprint density at radius 2 is 1.76 bits per heavy atom. The minimum atomic E-state index is -5.38. The molecule has 0 aromatic rings. The van der Waals surface area contributed by atoms with Crippen LogP contribution in [0.4, 0.5) is 13.2 Å². The zero-order chi connectivity index (χ0) is 13.3. The van der Waals surface area contributed by atoms with E-state index in [0.717, 1.165) is 24.3 Å². The molecule has 0 bridgehead atoms. The van der Waals surface area contributed by atoms with Crippen LogP contribution in [0.15, 0.2) is 35.3 Å². The molecule has 0 radical (unpaired) electrons. The normalized spacial score (nSPS) is 16.2. The summed E-state index contributed by atoms with van der Waals surface area (Å²) < 4.78 is 57.4. The summed E-state index contributed by atoms with van der Waals surface area (Å²) >= 11 is 0. The van der Waals surface area contributed by atoms with E-state index in [-0.39, 0.29) is 17.0 Å². The zero-order valence-corrected chi connectivity index (χ0v) is 8.83. The van der Waals surface area contributed by atoms with E-state index >= 15 is 0 Å². The Morgan fingerprint density at radius 3 is 2.12 bits per heavy atom. The van der Waals surface area contributed by atoms with Gasteiger partial charge in [-0.3, -0.25) is 10.1 Å². The van der Waals surface area contributed by atoms with E-state index in [2.05, 4.69) is 0 Å². The van der Waals surface area contributed by atoms with E-state index in [4.69, 9.17) is 0 Å². The lowest BCUT2D eigenvalue weighted by Gasteiger charge is -2.13. The molecule has 0 saturated heterocycles. The Bertz CT molecular complexity index is 499. The predicted molar refractivity (Wildman–Crippen MR) is 51.6 cm³/mol. The van der Waals surface area contributed by atoms with Crippen molar-refractivity contribution >= 4 is 9.84 Å². The van der Waals surface area contributed by atoms with Crippen LogP contribution in [0.1, 0.15) is 0 Å². The van der Waals surface area contributed by atoms with Gasteiger partial charge < -0.3 is 0 Å². The highest BCUT2D eigenvalue weighted by molar-refractivity contribution is 7.95. The third kappa shape index (κ3) is 3.09. The summed E-state index contributed by atoms with van der Waals surface area (Å²) in [6.45, 7) is 0. The van der Waals surface area contributed by atoms with Crippen molar-refractivity contribution in [2.24, 2.45) is 0 Å². The third-order valence-corrected chi connectivity index (χ3v) is 2.95. The molecule has 0 fully saturated rings. The number of allylic oxidation sites excluding steroid dienone is 3. The van der Waals surface area contributed by atoms with Crippen molar-refractivity contribution in [2.75, 3.05) is 0 Å². The first-order valence-electron chi connectivity index (χ1n) is 4.04. The van der Waals surface area contributed by atoms with Crippen LogP contribution in [0, 0.1) is 16.2 Å². The zero-order valence-electron chi connectivity index (χ0n) is 8.01. The van der Waals surface area contributed by atoms with Gasteiger partial charge >= 0.3 is 5.51 Å². The van der Waals surface area contributed by atoms with Crippen LogP contribution in [0.25, 0.3) is 0 Å². The Hall–Kier alpha value is -1.77. The summed E-state index contributed by atoms with van der Waals surface area (Å²) in [5.74, 6) is 0. The van der Waals surface area contributed by atoms with Gasteiger partial charge in [-0.05, 0) is 0 Å². The number of hydrogen-bond donors (Lipinski definition) is 0. The van der Waals surface area contributed by atoms with Crippen molar-refractivity contribution in [1.29, 1.82) is 0 Å². The van der Waals surface area contributed by atoms with Gasteiger partial charge in [-0.1, -0.05) is 12.2 Å². The maximum Gasteiger partial charge on any atom is 0.501 e. The van der Waals surface area contributed by atoms with Gasteiger partial charge in [0.2, 0.25) is 0 Å². The molecule has 9 heteroatoms. The fourth-order valence-electron chi connectivity index (χ4n) is 0.921. The second kappa shape index (κ2) is 4.24. The number of nitrogens with zero attached hydrogens (tertiary/aromatic N) is 1. The van der Waals surface area contributed by atoms with Gasteiger partial charge in [-0.15, -0.1) is 5.57 Å². The van der Waals surface area contributed by atoms with Crippen LogP contribution in [-0.4, -0.2) is 18.8 Å². The minimum Gasteiger partial charge on any atom is -0.270 e. The molecule has 1 rings (SSSR count). The molecule has 0 aliphatic heterocycles. The summed E-state index contributed by atoms with van der Waals surface area (Å²) in [6.07, 6.45) is 3.66. The highest BCUT2D eigenvalue weighted by Gasteiger charge is 2.43. The van der Waals surface area contributed by atoms with Crippen molar-refractivity contribution in [3.05, 3.63) is 51.4 Å². The van der Waals surface area contributed by atoms with E-state index in [9.17, 15) is 31.7 Å². The second-order valence-corrected chi connectivity index (χ2v) is 4.75. The number of nitro groups is 1. The van der Waals surface area contributed by atoms with Crippen LogP contribution in [0.5, 0.6) is 0 Å². The molecular formula is C8H5F3NO4S-. The molecule has 5 nitrogen and oxygen atoms in total. The Labute approximate surface area is 94.0 Å². The van der Waals surface area contributed by atoms with Crippen molar-refractivity contribution in [2.45, 2.75) is 5.51 Å². The Morgan fingerprint density at radius 1 is 1.29 bits per heavy atom. The Kier molecular flexibility index (Phi) is 3.32. The summed E-state index contributed by atoms with van der Waals surface area (Å²) in [7, 11) is -5.38. The SMILES string of the molecule is O=[N+]([O-])[C-]1C=CC(=CS(=O)(=O)C(F)(F)F)C=C1. The summed E-state index contributed by atoms with van der Waals surface area (Å²) in [4.78, 5) is 9.51. The molecule has 1 aliphatic rings. The number of halogens is 3. The van der Waals surface area contributed by atoms with E-state index in [0.29, 0.717) is 0 Å². The molecule has 0 aromatic heterocycles. The number of rotatable bonds is 2. The molecule has 0 amide bonds. The Balaban J connectivity index is 2.98. The predicted octanol–water partition coefficient (Wildman–Crippen LogP) is 1.74. The van der Waals surface area contributed by atoms with Gasteiger partial charge in [-0.2, -0.15) is 25.3 Å². The minimum absolute atomic E-state index is 0.0106. The standard InChI is InChI=1S/C8H5F3NO4S/c9-8(10,11)17(15,16)5-6-1-3-7(4-2-6)12(13)14/h1-5H/q-1. The van der Waals surface area contributed by atoms with Crippen LogP contribution in [0.3, 0.4) is 0 Å². The van der Waals surface area contributed by atoms with Crippen LogP contribution in [-0.2, 0) is 9.84 Å². The first-order chi connectivity index (χ1) is 7.63. The molecule has 0 N–H and O–H groups in total. The average molecular weight is 268 g/mol. The largest absolute Gasteiger partial charge is 0.501 e. The average Bonchev–Trinajstić information content (AvgIpc) is 2.16. The van der Waals surface area contributed by atoms with E-state index in [1.165, 1.54) is 0 Å². The molecule has 0 heterocycles. The topological polar surface area (TPSA) is 77.3 Å². The number of hydrogen-bond acceptors (Lipinski definition) is 4. The quantitative estimate of drug-likeness (QED) is 0.434. The van der Waals surface area contributed by atoms with Crippen LogP contribution >= 0.6 is 0 Å². The lowest BCUT2D eigenvalue weighted by molar-refractivity contribution is -0.448. The van der Waals surface area contributed by atoms with Crippen molar-refractivity contribution in [3.8, 4) is 0 Å². The fraction of sp³-hybridized carbons (Fsp3) is 0.125. The van der Waals surface area contributed by atoms with Gasteiger partial charge in [-0.25, -0.2) is 8.42 Å². The number of alkyl halides is 3. The smallest absolute Gasteiger partial charge is 0.270 e. The highest BCUT2D eigenvalue weighted by atomic mass is 32.2. The third-order valence-electron chi connectivity index (χ3n) is 1.72. The lowest BCUT2D eigenvalue weighted by atomic mass is 10.1. The lowest BCUT2D eigenvalue weighted by Crippen LogP contribution is -2.21. The van der Waals surface area contributed by atoms with Gasteiger partial charge in [0.1, 0.15) is 0 Å². The van der Waals surface area contributed by atoms with Crippen molar-refractivity contribution in [1.82, 2.24) is 0 Å². The van der Waals surface area contributed by atoms with Gasteiger partial charge in [0, 0.05) is 10.3 Å². The number of sulfone groups is 1. The summed E-state index contributed by atoms with van der Waals surface area (Å²) in [5, 5.41) is 10.3. The monoisotopic (exact) mass is 268 g/mol. The van der Waals surface area contributed by atoms with Gasteiger partial charge in [0.05, 0.1) is 0 Å².